The molecule has 0 saturated carbocycles. The fourth-order valence-corrected chi connectivity index (χ4v) is 3.23. The van der Waals surface area contributed by atoms with Gasteiger partial charge in [0, 0.05) is 20.1 Å². The van der Waals surface area contributed by atoms with Crippen LogP contribution in [-0.2, 0) is 26.7 Å². The van der Waals surface area contributed by atoms with Crippen LogP contribution in [0.4, 0.5) is 0 Å². The molecule has 1 fully saturated rings. The zero-order valence-corrected chi connectivity index (χ0v) is 19.4. The highest BCUT2D eigenvalue weighted by molar-refractivity contribution is 14.0. The van der Waals surface area contributed by atoms with E-state index in [1.54, 1.807) is 0 Å². The molecule has 1 aliphatic rings. The van der Waals surface area contributed by atoms with Gasteiger partial charge in [0.15, 0.2) is 11.8 Å². The summed E-state index contributed by atoms with van der Waals surface area (Å²) in [6, 6.07) is 8.83. The van der Waals surface area contributed by atoms with Crippen molar-refractivity contribution in [1.29, 1.82) is 0 Å². The average Bonchev–Trinajstić information content (AvgIpc) is 3.30. The number of aromatic nitrogens is 3. The number of aliphatic imine (C=N–C) groups is 1. The summed E-state index contributed by atoms with van der Waals surface area (Å²) in [5.41, 5.74) is 2.60. The molecule has 8 heteroatoms. The van der Waals surface area contributed by atoms with Crippen LogP contribution in [0.3, 0.4) is 0 Å². The molecule has 3 rings (SSSR count). The number of nitrogens with zero attached hydrogens (tertiary/aromatic N) is 5. The number of hydrogen-bond donors (Lipinski definition) is 2. The second kappa shape index (κ2) is 11.4. The molecule has 7 nitrogen and oxygen atoms in total. The summed E-state index contributed by atoms with van der Waals surface area (Å²) in [4.78, 5) is 7.22. The predicted octanol–water partition coefficient (Wildman–Crippen LogP) is 2.59. The summed E-state index contributed by atoms with van der Waals surface area (Å²) in [5.74, 6) is 2.59. The zero-order chi connectivity index (χ0) is 19.1. The molecule has 2 N–H and O–H groups in total. The molecule has 1 aliphatic heterocycles. The Morgan fingerprint density at radius 2 is 1.75 bits per heavy atom. The second-order valence-electron chi connectivity index (χ2n) is 7.07. The second-order valence-corrected chi connectivity index (χ2v) is 7.07. The summed E-state index contributed by atoms with van der Waals surface area (Å²) in [6.45, 7) is 9.60. The first-order valence-corrected chi connectivity index (χ1v) is 9.83. The minimum atomic E-state index is 0. The molecule has 1 aromatic carbocycles. The van der Waals surface area contributed by atoms with Crippen LogP contribution < -0.4 is 10.6 Å². The van der Waals surface area contributed by atoms with E-state index in [0.29, 0.717) is 13.1 Å². The third-order valence-electron chi connectivity index (χ3n) is 4.99. The fourth-order valence-electron chi connectivity index (χ4n) is 3.23. The lowest BCUT2D eigenvalue weighted by molar-refractivity contribution is 0.331. The summed E-state index contributed by atoms with van der Waals surface area (Å²) >= 11 is 0. The van der Waals surface area contributed by atoms with Gasteiger partial charge in [-0.1, -0.05) is 24.3 Å². The highest BCUT2D eigenvalue weighted by atomic mass is 127. The Morgan fingerprint density at radius 3 is 2.36 bits per heavy atom. The van der Waals surface area contributed by atoms with Crippen molar-refractivity contribution >= 4 is 29.9 Å². The number of halogens is 1. The first-order chi connectivity index (χ1) is 13.2. The molecule has 0 spiro atoms. The maximum Gasteiger partial charge on any atom is 0.191 e. The quantitative estimate of drug-likeness (QED) is 0.350. The van der Waals surface area contributed by atoms with Crippen molar-refractivity contribution in [2.24, 2.45) is 12.0 Å². The monoisotopic (exact) mass is 497 g/mol. The standard InChI is InChI=1S/C20H31N7.HI/c1-4-21-20(23-14-19-25-24-16(2)26(19)3)22-13-17-7-9-18(10-8-17)15-27-11-5-6-12-27;/h7-10H,4-6,11-15H2,1-3H3,(H2,21,22,23);1H. The summed E-state index contributed by atoms with van der Waals surface area (Å²) in [6.07, 6.45) is 2.67. The molecular weight excluding hydrogens is 465 g/mol. The van der Waals surface area contributed by atoms with Gasteiger partial charge in [-0.05, 0) is 50.9 Å². The van der Waals surface area contributed by atoms with Crippen LogP contribution in [0.2, 0.25) is 0 Å². The third kappa shape index (κ3) is 6.44. The largest absolute Gasteiger partial charge is 0.357 e. The van der Waals surface area contributed by atoms with Crippen molar-refractivity contribution in [3.05, 3.63) is 47.0 Å². The number of rotatable bonds is 7. The Labute approximate surface area is 185 Å². The van der Waals surface area contributed by atoms with Crippen molar-refractivity contribution in [2.75, 3.05) is 19.6 Å². The van der Waals surface area contributed by atoms with E-state index in [0.717, 1.165) is 30.7 Å². The van der Waals surface area contributed by atoms with Crippen LogP contribution in [0.1, 0.15) is 42.5 Å². The fraction of sp³-hybridized carbons (Fsp3) is 0.550. The van der Waals surface area contributed by atoms with E-state index in [-0.39, 0.29) is 24.0 Å². The van der Waals surface area contributed by atoms with E-state index in [9.17, 15) is 0 Å². The van der Waals surface area contributed by atoms with Crippen LogP contribution in [0.5, 0.6) is 0 Å². The lowest BCUT2D eigenvalue weighted by atomic mass is 10.1. The Balaban J connectivity index is 0.00000280. The van der Waals surface area contributed by atoms with Gasteiger partial charge in [0.25, 0.3) is 0 Å². The molecule has 0 aliphatic carbocycles. The first-order valence-electron chi connectivity index (χ1n) is 9.83. The number of hydrogen-bond acceptors (Lipinski definition) is 4. The van der Waals surface area contributed by atoms with Crippen molar-refractivity contribution in [2.45, 2.75) is 46.3 Å². The number of aryl methyl sites for hydroxylation is 1. The van der Waals surface area contributed by atoms with Crippen molar-refractivity contribution in [1.82, 2.24) is 30.3 Å². The van der Waals surface area contributed by atoms with E-state index in [1.165, 1.54) is 37.1 Å². The highest BCUT2D eigenvalue weighted by Crippen LogP contribution is 2.13. The smallest absolute Gasteiger partial charge is 0.191 e. The van der Waals surface area contributed by atoms with Crippen molar-refractivity contribution in [3.8, 4) is 0 Å². The zero-order valence-electron chi connectivity index (χ0n) is 17.1. The number of benzene rings is 1. The van der Waals surface area contributed by atoms with Crippen LogP contribution in [-0.4, -0.2) is 45.3 Å². The van der Waals surface area contributed by atoms with Crippen LogP contribution >= 0.6 is 24.0 Å². The maximum absolute atomic E-state index is 4.69. The van der Waals surface area contributed by atoms with Gasteiger partial charge in [0.05, 0.1) is 13.1 Å². The summed E-state index contributed by atoms with van der Waals surface area (Å²) in [7, 11) is 1.97. The van der Waals surface area contributed by atoms with Crippen LogP contribution in [0.25, 0.3) is 0 Å². The van der Waals surface area contributed by atoms with Crippen LogP contribution in [0.15, 0.2) is 29.3 Å². The van der Waals surface area contributed by atoms with Crippen molar-refractivity contribution in [3.63, 3.8) is 0 Å². The van der Waals surface area contributed by atoms with Gasteiger partial charge in [-0.2, -0.15) is 0 Å². The van der Waals surface area contributed by atoms with Gasteiger partial charge < -0.3 is 15.2 Å². The third-order valence-corrected chi connectivity index (χ3v) is 4.99. The Hall–Kier alpha value is -1.68. The lowest BCUT2D eigenvalue weighted by Crippen LogP contribution is -2.37. The van der Waals surface area contributed by atoms with Gasteiger partial charge in [-0.15, -0.1) is 34.2 Å². The molecular formula is C20H32IN7. The SMILES string of the molecule is CCNC(=NCc1ccc(CN2CCCC2)cc1)NCc1nnc(C)n1C.I. The van der Waals surface area contributed by atoms with Crippen LogP contribution in [0, 0.1) is 6.92 Å². The molecule has 0 amide bonds. The van der Waals surface area contributed by atoms with Crippen molar-refractivity contribution < 1.29 is 0 Å². The Morgan fingerprint density at radius 1 is 1.07 bits per heavy atom. The normalized spacial score (nSPS) is 14.8. The maximum atomic E-state index is 4.69. The molecule has 28 heavy (non-hydrogen) atoms. The van der Waals surface area contributed by atoms with E-state index in [1.807, 2.05) is 18.5 Å². The van der Waals surface area contributed by atoms with E-state index < -0.39 is 0 Å². The van der Waals surface area contributed by atoms with Gasteiger partial charge in [-0.3, -0.25) is 4.90 Å². The summed E-state index contributed by atoms with van der Waals surface area (Å²) < 4.78 is 1.98. The minimum absolute atomic E-state index is 0. The molecule has 154 valence electrons. The topological polar surface area (TPSA) is 70.4 Å². The number of guanidine groups is 1. The molecule has 0 radical (unpaired) electrons. The average molecular weight is 497 g/mol. The molecule has 2 aromatic rings. The molecule has 1 aromatic heterocycles. The molecule has 2 heterocycles. The highest BCUT2D eigenvalue weighted by Gasteiger charge is 2.11. The molecule has 0 bridgehead atoms. The molecule has 0 atom stereocenters. The van der Waals surface area contributed by atoms with Gasteiger partial charge >= 0.3 is 0 Å². The first kappa shape index (κ1) is 22.6. The van der Waals surface area contributed by atoms with E-state index >= 15 is 0 Å². The summed E-state index contributed by atoms with van der Waals surface area (Å²) in [5, 5.41) is 14.9. The van der Waals surface area contributed by atoms with Gasteiger partial charge in [0.2, 0.25) is 0 Å². The molecule has 0 unspecified atom stereocenters. The van der Waals surface area contributed by atoms with E-state index in [2.05, 4.69) is 56.9 Å². The Kier molecular flexibility index (Phi) is 9.17. The number of nitrogens with one attached hydrogen (secondary N) is 2. The minimum Gasteiger partial charge on any atom is -0.357 e. The van der Waals surface area contributed by atoms with Gasteiger partial charge in [0.1, 0.15) is 5.82 Å². The number of likely N-dealkylation sites (tertiary alicyclic amines) is 1. The van der Waals surface area contributed by atoms with E-state index in [4.69, 9.17) is 4.99 Å². The molecule has 1 saturated heterocycles. The lowest BCUT2D eigenvalue weighted by Gasteiger charge is -2.14. The van der Waals surface area contributed by atoms with Gasteiger partial charge in [-0.25, -0.2) is 4.99 Å². The Bertz CT molecular complexity index is 748. The predicted molar refractivity (Wildman–Crippen MR) is 124 cm³/mol.